The molecular formula is C16H22FN3. The molecule has 1 aromatic heterocycles. The molecule has 1 N–H and O–H groups in total. The molecule has 0 spiro atoms. The molecule has 108 valence electrons. The first-order valence-electron chi connectivity index (χ1n) is 7.49. The maximum atomic E-state index is 13.5. The lowest BCUT2D eigenvalue weighted by Crippen LogP contribution is -2.41. The fourth-order valence-corrected chi connectivity index (χ4v) is 3.61. The maximum absolute atomic E-state index is 13.5. The SMILES string of the molecule is CCCC1(c2nc3ccc(F)cc3n2C)CCNCC1. The largest absolute Gasteiger partial charge is 0.331 e. The molecule has 1 aromatic carbocycles. The van der Waals surface area contributed by atoms with Gasteiger partial charge >= 0.3 is 0 Å². The smallest absolute Gasteiger partial charge is 0.125 e. The maximum Gasteiger partial charge on any atom is 0.125 e. The number of halogens is 1. The normalized spacial score (nSPS) is 18.6. The van der Waals surface area contributed by atoms with E-state index in [4.69, 9.17) is 4.98 Å². The van der Waals surface area contributed by atoms with Crippen molar-refractivity contribution in [2.45, 2.75) is 38.0 Å². The van der Waals surface area contributed by atoms with Crippen LogP contribution in [-0.2, 0) is 12.5 Å². The number of hydrogen-bond donors (Lipinski definition) is 1. The second-order valence-corrected chi connectivity index (χ2v) is 5.91. The minimum absolute atomic E-state index is 0.143. The van der Waals surface area contributed by atoms with Gasteiger partial charge in [-0.3, -0.25) is 0 Å². The number of hydrogen-bond acceptors (Lipinski definition) is 2. The predicted molar refractivity (Wildman–Crippen MR) is 79.4 cm³/mol. The molecule has 0 radical (unpaired) electrons. The average molecular weight is 275 g/mol. The number of piperidine rings is 1. The zero-order valence-electron chi connectivity index (χ0n) is 12.2. The van der Waals surface area contributed by atoms with E-state index in [-0.39, 0.29) is 11.2 Å². The third-order valence-corrected chi connectivity index (χ3v) is 4.61. The van der Waals surface area contributed by atoms with E-state index < -0.39 is 0 Å². The van der Waals surface area contributed by atoms with Gasteiger partial charge in [0.05, 0.1) is 11.0 Å². The Balaban J connectivity index is 2.13. The van der Waals surface area contributed by atoms with Gasteiger partial charge < -0.3 is 9.88 Å². The van der Waals surface area contributed by atoms with Crippen molar-refractivity contribution >= 4 is 11.0 Å². The lowest BCUT2D eigenvalue weighted by atomic mass is 9.74. The van der Waals surface area contributed by atoms with Gasteiger partial charge in [-0.15, -0.1) is 0 Å². The second kappa shape index (κ2) is 5.17. The first kappa shape index (κ1) is 13.6. The summed E-state index contributed by atoms with van der Waals surface area (Å²) in [6, 6.07) is 4.87. The van der Waals surface area contributed by atoms with Gasteiger partial charge in [-0.2, -0.15) is 0 Å². The lowest BCUT2D eigenvalue weighted by Gasteiger charge is -2.37. The Bertz CT molecular complexity index is 606. The molecule has 0 aliphatic carbocycles. The van der Waals surface area contributed by atoms with Gasteiger partial charge in [0, 0.05) is 12.5 Å². The summed E-state index contributed by atoms with van der Waals surface area (Å²) >= 11 is 0. The zero-order chi connectivity index (χ0) is 14.2. The Kier molecular flexibility index (Phi) is 3.50. The van der Waals surface area contributed by atoms with Crippen LogP contribution < -0.4 is 5.32 Å². The van der Waals surface area contributed by atoms with Crippen molar-refractivity contribution in [1.82, 2.24) is 14.9 Å². The number of imidazole rings is 1. The van der Waals surface area contributed by atoms with Crippen molar-refractivity contribution < 1.29 is 4.39 Å². The van der Waals surface area contributed by atoms with E-state index in [1.807, 2.05) is 7.05 Å². The Morgan fingerprint density at radius 3 is 2.80 bits per heavy atom. The molecule has 4 heteroatoms. The van der Waals surface area contributed by atoms with Crippen molar-refractivity contribution in [2.24, 2.45) is 7.05 Å². The van der Waals surface area contributed by atoms with Crippen LogP contribution in [0.3, 0.4) is 0 Å². The van der Waals surface area contributed by atoms with Crippen LogP contribution >= 0.6 is 0 Å². The molecule has 1 saturated heterocycles. The van der Waals surface area contributed by atoms with Crippen LogP contribution in [0.5, 0.6) is 0 Å². The Labute approximate surface area is 119 Å². The fraction of sp³-hybridized carbons (Fsp3) is 0.562. The molecule has 0 bridgehead atoms. The third kappa shape index (κ3) is 2.12. The molecule has 0 amide bonds. The van der Waals surface area contributed by atoms with E-state index in [0.717, 1.165) is 55.6 Å². The summed E-state index contributed by atoms with van der Waals surface area (Å²) in [7, 11) is 2.02. The minimum atomic E-state index is -0.193. The van der Waals surface area contributed by atoms with Gasteiger partial charge in [0.2, 0.25) is 0 Å². The van der Waals surface area contributed by atoms with Gasteiger partial charge in [-0.1, -0.05) is 13.3 Å². The number of nitrogens with zero attached hydrogens (tertiary/aromatic N) is 2. The lowest BCUT2D eigenvalue weighted by molar-refractivity contribution is 0.266. The number of nitrogens with one attached hydrogen (secondary N) is 1. The fourth-order valence-electron chi connectivity index (χ4n) is 3.61. The highest BCUT2D eigenvalue weighted by Gasteiger charge is 2.37. The molecule has 20 heavy (non-hydrogen) atoms. The summed E-state index contributed by atoms with van der Waals surface area (Å²) in [5.41, 5.74) is 1.94. The topological polar surface area (TPSA) is 29.9 Å². The van der Waals surface area contributed by atoms with Crippen LogP contribution in [0.4, 0.5) is 4.39 Å². The summed E-state index contributed by atoms with van der Waals surface area (Å²) in [5.74, 6) is 0.934. The monoisotopic (exact) mass is 275 g/mol. The quantitative estimate of drug-likeness (QED) is 0.932. The number of benzene rings is 1. The number of fused-ring (bicyclic) bond motifs is 1. The molecule has 0 saturated carbocycles. The van der Waals surface area contributed by atoms with Crippen molar-refractivity contribution in [3.8, 4) is 0 Å². The van der Waals surface area contributed by atoms with Crippen LogP contribution in [0.15, 0.2) is 18.2 Å². The summed E-state index contributed by atoms with van der Waals surface area (Å²) < 4.78 is 15.6. The standard InChI is InChI=1S/C16H22FN3/c1-3-6-16(7-9-18-10-8-16)15-19-13-5-4-12(17)11-14(13)20(15)2/h4-5,11,18H,3,6-10H2,1-2H3. The van der Waals surface area contributed by atoms with Crippen molar-refractivity contribution in [1.29, 1.82) is 0 Å². The molecule has 2 heterocycles. The van der Waals surface area contributed by atoms with E-state index in [0.29, 0.717) is 0 Å². The molecule has 1 aliphatic rings. The highest BCUT2D eigenvalue weighted by Crippen LogP contribution is 2.38. The van der Waals surface area contributed by atoms with Crippen LogP contribution in [0.2, 0.25) is 0 Å². The van der Waals surface area contributed by atoms with Gasteiger partial charge in [-0.05, 0) is 50.6 Å². The number of rotatable bonds is 3. The van der Waals surface area contributed by atoms with Gasteiger partial charge in [0.15, 0.2) is 0 Å². The van der Waals surface area contributed by atoms with E-state index >= 15 is 0 Å². The van der Waals surface area contributed by atoms with Gasteiger partial charge in [0.1, 0.15) is 11.6 Å². The Hall–Kier alpha value is -1.42. The summed E-state index contributed by atoms with van der Waals surface area (Å²) in [6.07, 6.45) is 4.52. The first-order chi connectivity index (χ1) is 9.66. The van der Waals surface area contributed by atoms with E-state index in [1.165, 1.54) is 6.07 Å². The molecular weight excluding hydrogens is 253 g/mol. The van der Waals surface area contributed by atoms with Crippen LogP contribution in [0.1, 0.15) is 38.4 Å². The molecule has 1 aliphatic heterocycles. The Morgan fingerprint density at radius 1 is 1.35 bits per heavy atom. The highest BCUT2D eigenvalue weighted by atomic mass is 19.1. The predicted octanol–water partition coefficient (Wildman–Crippen LogP) is 3.13. The van der Waals surface area contributed by atoms with Crippen molar-refractivity contribution in [3.63, 3.8) is 0 Å². The van der Waals surface area contributed by atoms with Crippen LogP contribution in [-0.4, -0.2) is 22.6 Å². The summed E-state index contributed by atoms with van der Waals surface area (Å²) in [4.78, 5) is 4.84. The summed E-state index contributed by atoms with van der Waals surface area (Å²) in [5, 5.41) is 3.43. The molecule has 3 nitrogen and oxygen atoms in total. The van der Waals surface area contributed by atoms with Gasteiger partial charge in [0.25, 0.3) is 0 Å². The number of aromatic nitrogens is 2. The molecule has 2 aromatic rings. The second-order valence-electron chi connectivity index (χ2n) is 5.91. The van der Waals surface area contributed by atoms with E-state index in [2.05, 4.69) is 16.8 Å². The van der Waals surface area contributed by atoms with Gasteiger partial charge in [-0.25, -0.2) is 9.37 Å². The van der Waals surface area contributed by atoms with E-state index in [9.17, 15) is 4.39 Å². The highest BCUT2D eigenvalue weighted by molar-refractivity contribution is 5.76. The van der Waals surface area contributed by atoms with Crippen LogP contribution in [0.25, 0.3) is 11.0 Å². The molecule has 3 rings (SSSR count). The zero-order valence-corrected chi connectivity index (χ0v) is 12.2. The van der Waals surface area contributed by atoms with Crippen molar-refractivity contribution in [2.75, 3.05) is 13.1 Å². The molecule has 0 atom stereocenters. The number of aryl methyl sites for hydroxylation is 1. The van der Waals surface area contributed by atoms with Crippen molar-refractivity contribution in [3.05, 3.63) is 29.8 Å². The van der Waals surface area contributed by atoms with E-state index in [1.54, 1.807) is 12.1 Å². The minimum Gasteiger partial charge on any atom is -0.331 e. The third-order valence-electron chi connectivity index (χ3n) is 4.61. The summed E-state index contributed by atoms with van der Waals surface area (Å²) in [6.45, 7) is 4.31. The average Bonchev–Trinajstić information content (AvgIpc) is 2.78. The molecule has 1 fully saturated rings. The first-order valence-corrected chi connectivity index (χ1v) is 7.49. The Morgan fingerprint density at radius 2 is 2.10 bits per heavy atom. The molecule has 0 unspecified atom stereocenters. The van der Waals surface area contributed by atoms with Crippen LogP contribution in [0, 0.1) is 5.82 Å².